The lowest BCUT2D eigenvalue weighted by Crippen LogP contribution is -2.45. The zero-order valence-corrected chi connectivity index (χ0v) is 14.6. The van der Waals surface area contributed by atoms with Gasteiger partial charge in [-0.15, -0.1) is 0 Å². The van der Waals surface area contributed by atoms with Gasteiger partial charge in [-0.05, 0) is 19.3 Å². The van der Waals surface area contributed by atoms with Crippen LogP contribution in [0.2, 0.25) is 0 Å². The third kappa shape index (κ3) is 4.19. The molecular weight excluding hydrogens is 310 g/mol. The molecule has 0 aromatic carbocycles. The number of carbonyl (C=O) groups excluding carboxylic acids is 2. The van der Waals surface area contributed by atoms with Crippen LogP contribution in [0.1, 0.15) is 45.4 Å². The molecule has 7 heteroatoms. The first-order valence-electron chi connectivity index (χ1n) is 9.18. The predicted molar refractivity (Wildman–Crippen MR) is 88.5 cm³/mol. The normalized spacial score (nSPS) is 27.1. The summed E-state index contributed by atoms with van der Waals surface area (Å²) >= 11 is 0. The second-order valence-electron chi connectivity index (χ2n) is 7.05. The van der Waals surface area contributed by atoms with Crippen LogP contribution in [0.5, 0.6) is 0 Å². The maximum atomic E-state index is 12.4. The molecule has 1 saturated carbocycles. The van der Waals surface area contributed by atoms with Crippen molar-refractivity contribution >= 4 is 11.9 Å². The summed E-state index contributed by atoms with van der Waals surface area (Å²) in [5, 5.41) is 2.97. The molecule has 1 atom stereocenters. The summed E-state index contributed by atoms with van der Waals surface area (Å²) in [5.74, 6) is -0.315. The van der Waals surface area contributed by atoms with E-state index in [0.29, 0.717) is 32.8 Å². The lowest BCUT2D eigenvalue weighted by molar-refractivity contribution is -0.186. The van der Waals surface area contributed by atoms with Gasteiger partial charge in [-0.25, -0.2) is 4.79 Å². The molecule has 1 N–H and O–H groups in total. The molecule has 1 spiro atoms. The summed E-state index contributed by atoms with van der Waals surface area (Å²) in [4.78, 5) is 27.4. The number of nitrogens with zero attached hydrogens (tertiary/aromatic N) is 2. The molecule has 2 heterocycles. The summed E-state index contributed by atoms with van der Waals surface area (Å²) < 4.78 is 12.0. The Bertz CT molecular complexity index is 465. The van der Waals surface area contributed by atoms with Crippen LogP contribution < -0.4 is 5.32 Å². The highest BCUT2D eigenvalue weighted by molar-refractivity contribution is 5.75. The fraction of sp³-hybridized carbons (Fsp3) is 0.882. The van der Waals surface area contributed by atoms with Gasteiger partial charge in [-0.2, -0.15) is 0 Å². The summed E-state index contributed by atoms with van der Waals surface area (Å²) in [6, 6.07) is -0.0754. The van der Waals surface area contributed by atoms with Crippen LogP contribution in [0.15, 0.2) is 0 Å². The van der Waals surface area contributed by atoms with Gasteiger partial charge in [0.25, 0.3) is 0 Å². The predicted octanol–water partition coefficient (Wildman–Crippen LogP) is 1.33. The summed E-state index contributed by atoms with van der Waals surface area (Å²) in [7, 11) is 0. The Kier molecular flexibility index (Phi) is 5.61. The lowest BCUT2D eigenvalue weighted by Gasteiger charge is -2.31. The SMILES string of the molecule is CC(=O)N1CCCN(C(=O)NC[C@H]2COC3(CCCCC3)O2)CC1. The molecule has 0 radical (unpaired) electrons. The van der Waals surface area contributed by atoms with Crippen molar-refractivity contribution in [2.45, 2.75) is 57.3 Å². The number of carbonyl (C=O) groups is 2. The zero-order chi connectivity index (χ0) is 17.0. The van der Waals surface area contributed by atoms with E-state index in [4.69, 9.17) is 9.47 Å². The van der Waals surface area contributed by atoms with Crippen molar-refractivity contribution in [3.05, 3.63) is 0 Å². The molecule has 3 amide bonds. The van der Waals surface area contributed by atoms with Crippen LogP contribution >= 0.6 is 0 Å². The van der Waals surface area contributed by atoms with E-state index in [9.17, 15) is 9.59 Å². The Morgan fingerprint density at radius 3 is 2.50 bits per heavy atom. The van der Waals surface area contributed by atoms with E-state index in [1.807, 2.05) is 0 Å². The Labute approximate surface area is 143 Å². The fourth-order valence-corrected chi connectivity index (χ4v) is 3.82. The Hall–Kier alpha value is -1.34. The Morgan fingerprint density at radius 1 is 1.04 bits per heavy atom. The molecular formula is C17H29N3O4. The van der Waals surface area contributed by atoms with Crippen LogP contribution in [0.25, 0.3) is 0 Å². The van der Waals surface area contributed by atoms with Gasteiger partial charge in [0.1, 0.15) is 6.10 Å². The van der Waals surface area contributed by atoms with E-state index in [1.165, 1.54) is 6.42 Å². The van der Waals surface area contributed by atoms with Crippen molar-refractivity contribution in [2.24, 2.45) is 0 Å². The molecule has 3 aliphatic rings. The van der Waals surface area contributed by atoms with Crippen molar-refractivity contribution in [3.63, 3.8) is 0 Å². The van der Waals surface area contributed by atoms with Crippen LogP contribution in [0.4, 0.5) is 4.79 Å². The van der Waals surface area contributed by atoms with Crippen molar-refractivity contribution in [1.82, 2.24) is 15.1 Å². The minimum absolute atomic E-state index is 0.0623. The van der Waals surface area contributed by atoms with Crippen molar-refractivity contribution in [2.75, 3.05) is 39.3 Å². The van der Waals surface area contributed by atoms with Gasteiger partial charge in [0, 0.05) is 52.5 Å². The van der Waals surface area contributed by atoms with Crippen LogP contribution in [-0.2, 0) is 14.3 Å². The minimum Gasteiger partial charge on any atom is -0.347 e. The number of ether oxygens (including phenoxy) is 2. The smallest absolute Gasteiger partial charge is 0.317 e. The summed E-state index contributed by atoms with van der Waals surface area (Å²) in [6.45, 7) is 5.20. The quantitative estimate of drug-likeness (QED) is 0.824. The van der Waals surface area contributed by atoms with E-state index in [0.717, 1.165) is 38.6 Å². The van der Waals surface area contributed by atoms with Gasteiger partial charge < -0.3 is 24.6 Å². The van der Waals surface area contributed by atoms with Crippen LogP contribution in [0.3, 0.4) is 0 Å². The molecule has 24 heavy (non-hydrogen) atoms. The molecule has 7 nitrogen and oxygen atoms in total. The number of amides is 3. The topological polar surface area (TPSA) is 71.1 Å². The molecule has 1 aliphatic carbocycles. The van der Waals surface area contributed by atoms with E-state index < -0.39 is 5.79 Å². The Balaban J connectivity index is 1.42. The third-order valence-corrected chi connectivity index (χ3v) is 5.24. The highest BCUT2D eigenvalue weighted by Crippen LogP contribution is 2.37. The van der Waals surface area contributed by atoms with Crippen molar-refractivity contribution in [1.29, 1.82) is 0 Å². The maximum absolute atomic E-state index is 12.4. The van der Waals surface area contributed by atoms with Gasteiger partial charge in [-0.3, -0.25) is 4.79 Å². The summed E-state index contributed by atoms with van der Waals surface area (Å²) in [6.07, 6.45) is 6.24. The summed E-state index contributed by atoms with van der Waals surface area (Å²) in [5.41, 5.74) is 0. The molecule has 0 bridgehead atoms. The lowest BCUT2D eigenvalue weighted by atomic mass is 9.94. The minimum atomic E-state index is -0.391. The number of hydrogen-bond acceptors (Lipinski definition) is 4. The van der Waals surface area contributed by atoms with E-state index in [2.05, 4.69) is 5.32 Å². The zero-order valence-electron chi connectivity index (χ0n) is 14.6. The van der Waals surface area contributed by atoms with Gasteiger partial charge in [0.05, 0.1) is 6.61 Å². The molecule has 0 aromatic rings. The van der Waals surface area contributed by atoms with E-state index in [-0.39, 0.29) is 18.0 Å². The van der Waals surface area contributed by atoms with E-state index in [1.54, 1.807) is 16.7 Å². The highest BCUT2D eigenvalue weighted by atomic mass is 16.7. The van der Waals surface area contributed by atoms with Crippen molar-refractivity contribution in [3.8, 4) is 0 Å². The molecule has 136 valence electrons. The first-order valence-corrected chi connectivity index (χ1v) is 9.18. The standard InChI is InChI=1S/C17H29N3O4/c1-14(21)19-8-5-9-20(11-10-19)16(22)18-12-15-13-23-17(24-15)6-3-2-4-7-17/h15H,2-13H2,1H3,(H,18,22)/t15-/m0/s1. The first kappa shape index (κ1) is 17.5. The monoisotopic (exact) mass is 339 g/mol. The van der Waals surface area contributed by atoms with Crippen LogP contribution in [0, 0.1) is 0 Å². The second-order valence-corrected chi connectivity index (χ2v) is 7.05. The number of nitrogens with one attached hydrogen (secondary N) is 1. The molecule has 0 aromatic heterocycles. The van der Waals surface area contributed by atoms with E-state index >= 15 is 0 Å². The average Bonchev–Trinajstić information content (AvgIpc) is 2.81. The largest absolute Gasteiger partial charge is 0.347 e. The first-order chi connectivity index (χ1) is 11.6. The van der Waals surface area contributed by atoms with Gasteiger partial charge in [-0.1, -0.05) is 6.42 Å². The average molecular weight is 339 g/mol. The van der Waals surface area contributed by atoms with Gasteiger partial charge >= 0.3 is 6.03 Å². The highest BCUT2D eigenvalue weighted by Gasteiger charge is 2.42. The molecule has 3 rings (SSSR count). The molecule has 0 unspecified atom stereocenters. The number of urea groups is 1. The Morgan fingerprint density at radius 2 is 1.75 bits per heavy atom. The molecule has 3 fully saturated rings. The number of rotatable bonds is 2. The number of hydrogen-bond donors (Lipinski definition) is 1. The molecule has 2 aliphatic heterocycles. The second kappa shape index (κ2) is 7.70. The van der Waals surface area contributed by atoms with Crippen molar-refractivity contribution < 1.29 is 19.1 Å². The van der Waals surface area contributed by atoms with Gasteiger partial charge in [0.2, 0.25) is 5.91 Å². The van der Waals surface area contributed by atoms with Crippen LogP contribution in [-0.4, -0.2) is 73.0 Å². The third-order valence-electron chi connectivity index (χ3n) is 5.24. The molecule has 2 saturated heterocycles. The fourth-order valence-electron chi connectivity index (χ4n) is 3.82. The maximum Gasteiger partial charge on any atom is 0.317 e. The van der Waals surface area contributed by atoms with Gasteiger partial charge in [0.15, 0.2) is 5.79 Å².